The van der Waals surface area contributed by atoms with Crippen LogP contribution in [0, 0.1) is 35.5 Å². The SMILES string of the molecule is CC1CC(C)C(O)C(C)C(O)C(C)C(=O)OC(CCF)C(C)C(O)C(C)C1=O. The summed E-state index contributed by atoms with van der Waals surface area (Å²) < 4.78 is 18.5. The molecule has 1 saturated heterocycles. The Hall–Kier alpha value is -1.05. The van der Waals surface area contributed by atoms with Crippen LogP contribution in [-0.2, 0) is 14.3 Å². The number of ether oxygens (including phenoxy) is 1. The topological polar surface area (TPSA) is 104 Å². The molecule has 1 rings (SSSR count). The summed E-state index contributed by atoms with van der Waals surface area (Å²) in [5.74, 6) is -4.41. The molecule has 0 aromatic rings. The Bertz CT molecular complexity index is 527. The Balaban J connectivity index is 3.25. The van der Waals surface area contributed by atoms with Crippen LogP contribution in [-0.4, -0.2) is 58.2 Å². The average Bonchev–Trinajstić information content (AvgIpc) is 2.67. The Morgan fingerprint density at radius 1 is 0.893 bits per heavy atom. The third kappa shape index (κ3) is 5.74. The minimum absolute atomic E-state index is 0.0988. The van der Waals surface area contributed by atoms with Crippen molar-refractivity contribution in [1.82, 2.24) is 0 Å². The van der Waals surface area contributed by atoms with Gasteiger partial charge in [-0.2, -0.15) is 0 Å². The summed E-state index contributed by atoms with van der Waals surface area (Å²) in [6.07, 6.45) is -3.77. The maximum atomic E-state index is 13.0. The Kier molecular flexibility index (Phi) is 9.50. The van der Waals surface area contributed by atoms with Gasteiger partial charge in [0.1, 0.15) is 11.9 Å². The number of alkyl halides is 1. The van der Waals surface area contributed by atoms with Crippen molar-refractivity contribution in [3.8, 4) is 0 Å². The number of hydrogen-bond donors (Lipinski definition) is 3. The van der Waals surface area contributed by atoms with Crippen molar-refractivity contribution in [2.45, 2.75) is 78.8 Å². The zero-order valence-electron chi connectivity index (χ0n) is 17.8. The standard InChI is InChI=1S/C21H37FO6/c1-10-9-11(2)18(24)14(5)20(26)15(6)21(27)28-16(7-8-22)12(3)19(25)13(4)17(10)23/h10-16,18-20,24-26H,7-9H2,1-6H3. The summed E-state index contributed by atoms with van der Waals surface area (Å²) in [5.41, 5.74) is 0. The van der Waals surface area contributed by atoms with Gasteiger partial charge in [0.2, 0.25) is 0 Å². The number of esters is 1. The normalized spacial score (nSPS) is 44.6. The molecule has 28 heavy (non-hydrogen) atoms. The van der Waals surface area contributed by atoms with Crippen molar-refractivity contribution in [2.75, 3.05) is 6.67 Å². The van der Waals surface area contributed by atoms with E-state index in [1.165, 1.54) is 6.92 Å². The monoisotopic (exact) mass is 404 g/mol. The molecule has 10 unspecified atom stereocenters. The van der Waals surface area contributed by atoms with E-state index in [1.807, 2.05) is 0 Å². The number of hydrogen-bond acceptors (Lipinski definition) is 6. The van der Waals surface area contributed by atoms with E-state index in [4.69, 9.17) is 4.74 Å². The molecule has 10 atom stereocenters. The van der Waals surface area contributed by atoms with Crippen LogP contribution >= 0.6 is 0 Å². The van der Waals surface area contributed by atoms with Crippen molar-refractivity contribution < 1.29 is 34.0 Å². The number of aliphatic hydroxyl groups is 3. The molecule has 0 saturated carbocycles. The maximum Gasteiger partial charge on any atom is 0.311 e. The van der Waals surface area contributed by atoms with E-state index < -0.39 is 66.6 Å². The second kappa shape index (κ2) is 10.6. The van der Waals surface area contributed by atoms with Gasteiger partial charge in [0.25, 0.3) is 0 Å². The molecule has 1 aliphatic heterocycles. The lowest BCUT2D eigenvalue weighted by molar-refractivity contribution is -0.166. The minimum Gasteiger partial charge on any atom is -0.462 e. The molecule has 0 bridgehead atoms. The second-order valence-corrected chi connectivity index (χ2v) is 8.74. The van der Waals surface area contributed by atoms with Crippen molar-refractivity contribution in [3.05, 3.63) is 0 Å². The number of cyclic esters (lactones) is 1. The molecule has 1 heterocycles. The van der Waals surface area contributed by atoms with Crippen LogP contribution in [0.25, 0.3) is 0 Å². The van der Waals surface area contributed by atoms with Gasteiger partial charge in [0.15, 0.2) is 0 Å². The predicted octanol–water partition coefficient (Wildman–Crippen LogP) is 2.13. The van der Waals surface area contributed by atoms with Crippen molar-refractivity contribution in [1.29, 1.82) is 0 Å². The van der Waals surface area contributed by atoms with Gasteiger partial charge in [-0.1, -0.05) is 34.6 Å². The van der Waals surface area contributed by atoms with Gasteiger partial charge in [0.05, 0.1) is 30.9 Å². The predicted molar refractivity (Wildman–Crippen MR) is 103 cm³/mol. The van der Waals surface area contributed by atoms with E-state index in [-0.39, 0.29) is 18.1 Å². The van der Waals surface area contributed by atoms with Crippen LogP contribution < -0.4 is 0 Å². The third-order valence-electron chi connectivity index (χ3n) is 6.50. The zero-order valence-corrected chi connectivity index (χ0v) is 17.8. The first-order valence-electron chi connectivity index (χ1n) is 10.3. The van der Waals surface area contributed by atoms with Crippen molar-refractivity contribution >= 4 is 11.8 Å². The fourth-order valence-corrected chi connectivity index (χ4v) is 4.21. The Labute approximate surface area is 167 Å². The Morgan fingerprint density at radius 2 is 1.43 bits per heavy atom. The van der Waals surface area contributed by atoms with Crippen molar-refractivity contribution in [2.24, 2.45) is 35.5 Å². The molecule has 1 fully saturated rings. The number of carbonyl (C=O) groups is 2. The first-order chi connectivity index (χ1) is 12.9. The van der Waals surface area contributed by atoms with Crippen LogP contribution in [0.1, 0.15) is 54.4 Å². The maximum absolute atomic E-state index is 13.0. The third-order valence-corrected chi connectivity index (χ3v) is 6.50. The van der Waals surface area contributed by atoms with Gasteiger partial charge in [0, 0.05) is 30.1 Å². The number of Topliss-reactive ketones (excluding diaryl/α,β-unsaturated/α-hetero) is 1. The number of aliphatic hydroxyl groups excluding tert-OH is 3. The first-order valence-corrected chi connectivity index (χ1v) is 10.3. The van der Waals surface area contributed by atoms with E-state index >= 15 is 0 Å². The van der Waals surface area contributed by atoms with Gasteiger partial charge in [-0.3, -0.25) is 14.0 Å². The molecule has 1 aliphatic rings. The highest BCUT2D eigenvalue weighted by Crippen LogP contribution is 2.31. The van der Waals surface area contributed by atoms with Crippen LogP contribution in [0.15, 0.2) is 0 Å². The van der Waals surface area contributed by atoms with Gasteiger partial charge in [-0.25, -0.2) is 0 Å². The molecular formula is C21H37FO6. The molecule has 164 valence electrons. The molecule has 6 nitrogen and oxygen atoms in total. The number of carbonyl (C=O) groups excluding carboxylic acids is 2. The fraction of sp³-hybridized carbons (Fsp3) is 0.905. The Morgan fingerprint density at radius 3 is 1.96 bits per heavy atom. The van der Waals surface area contributed by atoms with E-state index in [0.29, 0.717) is 6.42 Å². The van der Waals surface area contributed by atoms with E-state index in [2.05, 4.69) is 0 Å². The highest BCUT2D eigenvalue weighted by atomic mass is 19.1. The molecular weight excluding hydrogens is 367 g/mol. The quantitative estimate of drug-likeness (QED) is 0.609. The summed E-state index contributed by atoms with van der Waals surface area (Å²) in [6, 6.07) is 0. The van der Waals surface area contributed by atoms with Gasteiger partial charge in [-0.15, -0.1) is 0 Å². The fourth-order valence-electron chi connectivity index (χ4n) is 4.21. The number of rotatable bonds is 2. The van der Waals surface area contributed by atoms with E-state index in [9.17, 15) is 29.3 Å². The molecule has 0 aliphatic carbocycles. The first kappa shape index (κ1) is 25.0. The average molecular weight is 405 g/mol. The van der Waals surface area contributed by atoms with Crippen LogP contribution in [0.2, 0.25) is 0 Å². The molecule has 7 heteroatoms. The van der Waals surface area contributed by atoms with Gasteiger partial charge >= 0.3 is 5.97 Å². The van der Waals surface area contributed by atoms with Crippen LogP contribution in [0.4, 0.5) is 4.39 Å². The molecule has 3 N–H and O–H groups in total. The van der Waals surface area contributed by atoms with Gasteiger partial charge in [-0.05, 0) is 19.3 Å². The lowest BCUT2D eigenvalue weighted by Gasteiger charge is -2.35. The lowest BCUT2D eigenvalue weighted by Crippen LogP contribution is -2.45. The molecule has 0 spiro atoms. The van der Waals surface area contributed by atoms with E-state index in [1.54, 1.807) is 34.6 Å². The van der Waals surface area contributed by atoms with Crippen LogP contribution in [0.5, 0.6) is 0 Å². The van der Waals surface area contributed by atoms with Gasteiger partial charge < -0.3 is 20.1 Å². The molecule has 0 amide bonds. The lowest BCUT2D eigenvalue weighted by atomic mass is 9.77. The highest BCUT2D eigenvalue weighted by molar-refractivity contribution is 5.83. The summed E-state index contributed by atoms with van der Waals surface area (Å²) in [4.78, 5) is 25.3. The van der Waals surface area contributed by atoms with Crippen LogP contribution in [0.3, 0.4) is 0 Å². The summed E-state index contributed by atoms with van der Waals surface area (Å²) in [6.45, 7) is 9.24. The number of halogens is 1. The molecule has 0 aromatic carbocycles. The molecule has 0 aromatic heterocycles. The largest absolute Gasteiger partial charge is 0.462 e. The summed E-state index contributed by atoms with van der Waals surface area (Å²) in [5, 5.41) is 31.8. The smallest absolute Gasteiger partial charge is 0.311 e. The van der Waals surface area contributed by atoms with E-state index in [0.717, 1.165) is 0 Å². The molecule has 0 radical (unpaired) electrons. The van der Waals surface area contributed by atoms with Crippen molar-refractivity contribution in [3.63, 3.8) is 0 Å². The summed E-state index contributed by atoms with van der Waals surface area (Å²) in [7, 11) is 0. The zero-order chi connectivity index (χ0) is 21.8. The minimum atomic E-state index is -1.15. The highest BCUT2D eigenvalue weighted by Gasteiger charge is 2.40. The summed E-state index contributed by atoms with van der Waals surface area (Å²) >= 11 is 0. The second-order valence-electron chi connectivity index (χ2n) is 8.74. The number of ketones is 1.